The Bertz CT molecular complexity index is 328. The first-order chi connectivity index (χ1) is 7.31. The summed E-state index contributed by atoms with van der Waals surface area (Å²) < 4.78 is 0. The summed E-state index contributed by atoms with van der Waals surface area (Å²) in [6.45, 7) is 0. The molecule has 1 fully saturated rings. The molecule has 1 aromatic heterocycles. The molecule has 0 spiro atoms. The average molecular weight is 245 g/mol. The Hall–Kier alpha value is -0.610. The van der Waals surface area contributed by atoms with Crippen LogP contribution in [-0.4, -0.2) is 22.8 Å². The first kappa shape index (κ1) is 10.9. The van der Waals surface area contributed by atoms with Gasteiger partial charge in [-0.1, -0.05) is 6.42 Å². The van der Waals surface area contributed by atoms with E-state index in [1.165, 1.54) is 11.3 Å². The number of amides is 1. The van der Waals surface area contributed by atoms with Gasteiger partial charge in [0, 0.05) is 11.9 Å². The van der Waals surface area contributed by atoms with Gasteiger partial charge in [-0.3, -0.25) is 9.78 Å². The Kier molecular flexibility index (Phi) is 3.59. The third kappa shape index (κ3) is 2.49. The second kappa shape index (κ2) is 4.94. The molecule has 2 unspecified atom stereocenters. The molecule has 0 aliphatic heterocycles. The van der Waals surface area contributed by atoms with E-state index in [2.05, 4.69) is 10.3 Å². The minimum atomic E-state index is -0.0143. The summed E-state index contributed by atoms with van der Waals surface area (Å²) in [5.41, 5.74) is 1.67. The minimum Gasteiger partial charge on any atom is -0.348 e. The van der Waals surface area contributed by atoms with Crippen LogP contribution in [-0.2, 0) is 0 Å². The summed E-state index contributed by atoms with van der Waals surface area (Å²) in [6.07, 6.45) is 4.93. The predicted octanol–water partition coefficient (Wildman–Crippen LogP) is 2.28. The molecule has 0 saturated heterocycles. The highest BCUT2D eigenvalue weighted by Crippen LogP contribution is 2.26. The van der Waals surface area contributed by atoms with E-state index < -0.39 is 0 Å². The van der Waals surface area contributed by atoms with Gasteiger partial charge in [0.15, 0.2) is 0 Å². The van der Waals surface area contributed by atoms with Crippen LogP contribution in [0.15, 0.2) is 11.7 Å². The molecule has 1 aliphatic carbocycles. The number of alkyl halides is 1. The van der Waals surface area contributed by atoms with Crippen molar-refractivity contribution >= 4 is 28.8 Å². The largest absolute Gasteiger partial charge is 0.348 e. The maximum absolute atomic E-state index is 11.7. The number of carbonyl (C=O) groups excluding carboxylic acids is 1. The zero-order valence-corrected chi connectivity index (χ0v) is 9.85. The molecule has 1 aliphatic rings. The number of halogens is 1. The normalized spacial score (nSPS) is 25.4. The van der Waals surface area contributed by atoms with Crippen molar-refractivity contribution in [3.05, 3.63) is 16.6 Å². The second-order valence-corrected chi connectivity index (χ2v) is 4.99. The lowest BCUT2D eigenvalue weighted by atomic mass is 10.1. The predicted molar refractivity (Wildman–Crippen MR) is 61.4 cm³/mol. The van der Waals surface area contributed by atoms with Gasteiger partial charge in [0.05, 0.1) is 11.7 Å². The molecular weight excluding hydrogens is 232 g/mol. The number of aromatic nitrogens is 1. The lowest BCUT2D eigenvalue weighted by molar-refractivity contribution is 0.0934. The van der Waals surface area contributed by atoms with E-state index in [4.69, 9.17) is 11.6 Å². The third-order valence-corrected chi connectivity index (χ3v) is 4.00. The monoisotopic (exact) mass is 244 g/mol. The van der Waals surface area contributed by atoms with Crippen molar-refractivity contribution in [2.45, 2.75) is 25.3 Å². The van der Waals surface area contributed by atoms with Gasteiger partial charge in [0.1, 0.15) is 4.88 Å². The van der Waals surface area contributed by atoms with E-state index in [0.29, 0.717) is 16.7 Å². The molecule has 1 N–H and O–H groups in total. The summed E-state index contributed by atoms with van der Waals surface area (Å²) in [7, 11) is 0. The van der Waals surface area contributed by atoms with Crippen LogP contribution in [0.3, 0.4) is 0 Å². The van der Waals surface area contributed by atoms with Crippen LogP contribution in [0.4, 0.5) is 0 Å². The van der Waals surface area contributed by atoms with E-state index >= 15 is 0 Å². The molecule has 1 heterocycles. The van der Waals surface area contributed by atoms with Crippen LogP contribution in [0.2, 0.25) is 0 Å². The van der Waals surface area contributed by atoms with Gasteiger partial charge >= 0.3 is 0 Å². The maximum atomic E-state index is 11.7. The molecule has 3 nitrogen and oxygen atoms in total. The smallest absolute Gasteiger partial charge is 0.263 e. The second-order valence-electron chi connectivity index (χ2n) is 3.79. The fourth-order valence-electron chi connectivity index (χ4n) is 1.98. The number of hydrogen-bond acceptors (Lipinski definition) is 3. The van der Waals surface area contributed by atoms with Crippen molar-refractivity contribution in [3.8, 4) is 0 Å². The first-order valence-electron chi connectivity index (χ1n) is 5.06. The van der Waals surface area contributed by atoms with Gasteiger partial charge < -0.3 is 5.32 Å². The van der Waals surface area contributed by atoms with E-state index in [1.807, 2.05) is 0 Å². The molecule has 0 bridgehead atoms. The van der Waals surface area contributed by atoms with Crippen LogP contribution in [0, 0.1) is 5.92 Å². The molecule has 15 heavy (non-hydrogen) atoms. The average Bonchev–Trinajstić information content (AvgIpc) is 2.87. The highest BCUT2D eigenvalue weighted by molar-refractivity contribution is 7.11. The molecule has 2 atom stereocenters. The highest BCUT2D eigenvalue weighted by Gasteiger charge is 2.28. The van der Waals surface area contributed by atoms with Crippen LogP contribution < -0.4 is 5.32 Å². The minimum absolute atomic E-state index is 0.0143. The Labute approximate surface area is 97.9 Å². The van der Waals surface area contributed by atoms with Gasteiger partial charge in [0.25, 0.3) is 5.91 Å². The number of thiazole rings is 1. The summed E-state index contributed by atoms with van der Waals surface area (Å²) in [6, 6.07) is 0.247. The van der Waals surface area contributed by atoms with E-state index in [9.17, 15) is 4.79 Å². The lowest BCUT2D eigenvalue weighted by Crippen LogP contribution is -2.37. The number of nitrogens with zero attached hydrogens (tertiary/aromatic N) is 1. The van der Waals surface area contributed by atoms with Gasteiger partial charge in [-0.05, 0) is 18.8 Å². The third-order valence-electron chi connectivity index (χ3n) is 2.83. The van der Waals surface area contributed by atoms with Crippen molar-refractivity contribution in [2.75, 3.05) is 5.88 Å². The number of rotatable bonds is 3. The summed E-state index contributed by atoms with van der Waals surface area (Å²) in [5, 5.41) is 3.03. The summed E-state index contributed by atoms with van der Waals surface area (Å²) in [4.78, 5) is 16.3. The Balaban J connectivity index is 1.94. The quantitative estimate of drug-likeness (QED) is 0.829. The van der Waals surface area contributed by atoms with Gasteiger partial charge in [-0.15, -0.1) is 22.9 Å². The Morgan fingerprint density at radius 1 is 1.67 bits per heavy atom. The van der Waals surface area contributed by atoms with Crippen molar-refractivity contribution in [1.82, 2.24) is 10.3 Å². The SMILES string of the molecule is O=C(NC1CCCC1CCl)c1cncs1. The molecule has 1 amide bonds. The molecule has 5 heteroatoms. The molecule has 0 aromatic carbocycles. The van der Waals surface area contributed by atoms with E-state index in [1.54, 1.807) is 11.7 Å². The summed E-state index contributed by atoms with van der Waals surface area (Å²) >= 11 is 7.22. The lowest BCUT2D eigenvalue weighted by Gasteiger charge is -2.18. The standard InChI is InChI=1S/C10H13ClN2OS/c11-4-7-2-1-3-8(7)13-10(14)9-5-12-6-15-9/h5-8H,1-4H2,(H,13,14). The molecule has 1 saturated carbocycles. The van der Waals surface area contributed by atoms with Crippen molar-refractivity contribution in [3.63, 3.8) is 0 Å². The fraction of sp³-hybridized carbons (Fsp3) is 0.600. The zero-order chi connectivity index (χ0) is 10.7. The highest BCUT2D eigenvalue weighted by atomic mass is 35.5. The first-order valence-corrected chi connectivity index (χ1v) is 6.48. The van der Waals surface area contributed by atoms with Crippen LogP contribution in [0.25, 0.3) is 0 Å². The van der Waals surface area contributed by atoms with Gasteiger partial charge in [0.2, 0.25) is 0 Å². The van der Waals surface area contributed by atoms with Crippen LogP contribution in [0.5, 0.6) is 0 Å². The van der Waals surface area contributed by atoms with Gasteiger partial charge in [-0.25, -0.2) is 0 Å². The fourth-order valence-corrected chi connectivity index (χ4v) is 2.87. The molecule has 2 rings (SSSR count). The van der Waals surface area contributed by atoms with Crippen LogP contribution >= 0.6 is 22.9 Å². The topological polar surface area (TPSA) is 42.0 Å². The van der Waals surface area contributed by atoms with Crippen LogP contribution in [0.1, 0.15) is 28.9 Å². The van der Waals surface area contributed by atoms with Crippen molar-refractivity contribution in [1.29, 1.82) is 0 Å². The number of carbonyl (C=O) groups is 1. The van der Waals surface area contributed by atoms with Crippen molar-refractivity contribution < 1.29 is 4.79 Å². The Morgan fingerprint density at radius 2 is 2.53 bits per heavy atom. The molecule has 82 valence electrons. The van der Waals surface area contributed by atoms with E-state index in [-0.39, 0.29) is 11.9 Å². The number of nitrogens with one attached hydrogen (secondary N) is 1. The summed E-state index contributed by atoms with van der Waals surface area (Å²) in [5.74, 6) is 1.05. The molecule has 0 radical (unpaired) electrons. The van der Waals surface area contributed by atoms with Crippen molar-refractivity contribution in [2.24, 2.45) is 5.92 Å². The van der Waals surface area contributed by atoms with E-state index in [0.717, 1.165) is 19.3 Å². The maximum Gasteiger partial charge on any atom is 0.263 e. The van der Waals surface area contributed by atoms with Gasteiger partial charge in [-0.2, -0.15) is 0 Å². The number of hydrogen-bond donors (Lipinski definition) is 1. The molecule has 1 aromatic rings. The zero-order valence-electron chi connectivity index (χ0n) is 8.28. The Morgan fingerprint density at radius 3 is 3.20 bits per heavy atom. The molecular formula is C10H13ClN2OS.